The Kier molecular flexibility index (Phi) is 6.55. The van der Waals surface area contributed by atoms with Crippen LogP contribution >= 0.6 is 11.8 Å². The molecule has 4 nitrogen and oxygen atoms in total. The summed E-state index contributed by atoms with van der Waals surface area (Å²) in [7, 11) is 0. The Morgan fingerprint density at radius 2 is 1.72 bits per heavy atom. The van der Waals surface area contributed by atoms with Crippen LogP contribution in [-0.2, 0) is 14.3 Å². The van der Waals surface area contributed by atoms with Gasteiger partial charge in [0.05, 0.1) is 11.7 Å². The van der Waals surface area contributed by atoms with Gasteiger partial charge in [-0.25, -0.2) is 0 Å². The predicted molar refractivity (Wildman–Crippen MR) is 116 cm³/mol. The molecule has 2 aromatic rings. The molecule has 0 N–H and O–H groups in total. The van der Waals surface area contributed by atoms with Crippen LogP contribution in [-0.4, -0.2) is 24.2 Å². The van der Waals surface area contributed by atoms with Crippen molar-refractivity contribution >= 4 is 29.3 Å². The van der Waals surface area contributed by atoms with E-state index in [0.717, 1.165) is 28.3 Å². The number of nitrogens with zero attached hydrogens (tertiary/aromatic N) is 1. The minimum absolute atomic E-state index is 0.0687. The zero-order chi connectivity index (χ0) is 20.1. The van der Waals surface area contributed by atoms with E-state index in [-0.39, 0.29) is 24.5 Å². The van der Waals surface area contributed by atoms with Gasteiger partial charge in [0, 0.05) is 17.1 Å². The van der Waals surface area contributed by atoms with Crippen molar-refractivity contribution in [2.45, 2.75) is 49.5 Å². The number of thioether (sulfide) groups is 1. The van der Waals surface area contributed by atoms with Crippen molar-refractivity contribution in [2.75, 3.05) is 17.3 Å². The Morgan fingerprint density at radius 3 is 2.52 bits per heavy atom. The molecule has 0 saturated heterocycles. The molecule has 1 heterocycles. The molecule has 1 aliphatic heterocycles. The maximum Gasteiger partial charge on any atom is 0.306 e. The van der Waals surface area contributed by atoms with Crippen molar-refractivity contribution in [3.8, 4) is 0 Å². The van der Waals surface area contributed by atoms with Crippen molar-refractivity contribution in [3.05, 3.63) is 60.2 Å². The van der Waals surface area contributed by atoms with Crippen LogP contribution in [0.5, 0.6) is 0 Å². The highest BCUT2D eigenvalue weighted by Gasteiger charge is 2.32. The van der Waals surface area contributed by atoms with Crippen LogP contribution in [0.15, 0.2) is 59.5 Å². The number of esters is 1. The van der Waals surface area contributed by atoms with Crippen molar-refractivity contribution in [2.24, 2.45) is 5.92 Å². The Balaban J connectivity index is 1.44. The third-order valence-electron chi connectivity index (χ3n) is 5.87. The number of carbonyl (C=O) groups excluding carboxylic acids is 2. The number of hydrogen-bond acceptors (Lipinski definition) is 4. The fraction of sp³-hybridized carbons (Fsp3) is 0.417. The highest BCUT2D eigenvalue weighted by molar-refractivity contribution is 7.99. The van der Waals surface area contributed by atoms with Gasteiger partial charge in [0.15, 0.2) is 6.61 Å². The topological polar surface area (TPSA) is 46.6 Å². The molecule has 1 amide bonds. The molecule has 2 aliphatic rings. The molecule has 152 valence electrons. The Bertz CT molecular complexity index is 848. The monoisotopic (exact) mass is 409 g/mol. The maximum absolute atomic E-state index is 13.1. The van der Waals surface area contributed by atoms with Crippen molar-refractivity contribution in [3.63, 3.8) is 0 Å². The molecule has 5 heteroatoms. The smallest absolute Gasteiger partial charge is 0.306 e. The van der Waals surface area contributed by atoms with Crippen molar-refractivity contribution < 1.29 is 14.3 Å². The normalized spacial score (nSPS) is 19.0. The molecule has 1 saturated carbocycles. The average molecular weight is 410 g/mol. The number of rotatable bonds is 6. The Morgan fingerprint density at radius 1 is 1.00 bits per heavy atom. The molecule has 0 spiro atoms. The van der Waals surface area contributed by atoms with E-state index >= 15 is 0 Å². The van der Waals surface area contributed by atoms with Crippen LogP contribution < -0.4 is 4.90 Å². The second kappa shape index (κ2) is 9.49. The number of fused-ring (bicyclic) bond motifs is 1. The first-order chi connectivity index (χ1) is 14.2. The quantitative estimate of drug-likeness (QED) is 0.601. The Labute approximate surface area is 176 Å². The van der Waals surface area contributed by atoms with Crippen molar-refractivity contribution in [1.29, 1.82) is 0 Å². The summed E-state index contributed by atoms with van der Waals surface area (Å²) in [6.07, 6.45) is 6.26. The molecule has 0 bridgehead atoms. The van der Waals surface area contributed by atoms with E-state index in [2.05, 4.69) is 0 Å². The van der Waals surface area contributed by atoms with Gasteiger partial charge in [-0.15, -0.1) is 11.8 Å². The summed E-state index contributed by atoms with van der Waals surface area (Å²) in [6, 6.07) is 17.9. The molecular formula is C24H27NO3S. The number of amides is 1. The van der Waals surface area contributed by atoms with E-state index in [1.54, 1.807) is 11.8 Å². The molecule has 1 fully saturated rings. The summed E-state index contributed by atoms with van der Waals surface area (Å²) in [5.41, 5.74) is 1.99. The summed E-state index contributed by atoms with van der Waals surface area (Å²) in [5, 5.41) is 0. The highest BCUT2D eigenvalue weighted by atomic mass is 32.2. The van der Waals surface area contributed by atoms with Gasteiger partial charge in [-0.3, -0.25) is 14.5 Å². The molecule has 2 aromatic carbocycles. The molecule has 0 radical (unpaired) electrons. The van der Waals surface area contributed by atoms with Crippen LogP contribution in [0.25, 0.3) is 0 Å². The fourth-order valence-electron chi connectivity index (χ4n) is 4.32. The van der Waals surface area contributed by atoms with Crippen LogP contribution in [0.2, 0.25) is 0 Å². The first-order valence-electron chi connectivity index (χ1n) is 10.5. The van der Waals surface area contributed by atoms with E-state index in [4.69, 9.17) is 4.74 Å². The number of anilines is 1. The van der Waals surface area contributed by atoms with Crippen LogP contribution in [0.1, 0.15) is 50.1 Å². The maximum atomic E-state index is 13.1. The second-order valence-electron chi connectivity index (χ2n) is 7.82. The Hall–Kier alpha value is -2.27. The van der Waals surface area contributed by atoms with E-state index in [9.17, 15) is 9.59 Å². The zero-order valence-electron chi connectivity index (χ0n) is 16.6. The minimum Gasteiger partial charge on any atom is -0.456 e. The summed E-state index contributed by atoms with van der Waals surface area (Å²) in [6.45, 7) is -0.203. The van der Waals surface area contributed by atoms with Gasteiger partial charge in [-0.2, -0.15) is 0 Å². The molecule has 29 heavy (non-hydrogen) atoms. The highest BCUT2D eigenvalue weighted by Crippen LogP contribution is 2.43. The number of para-hydroxylation sites is 1. The number of ether oxygens (including phenoxy) is 1. The molecule has 0 unspecified atom stereocenters. The summed E-state index contributed by atoms with van der Waals surface area (Å²) in [4.78, 5) is 28.2. The molecule has 4 rings (SSSR count). The average Bonchev–Trinajstić information content (AvgIpc) is 3.29. The third-order valence-corrected chi connectivity index (χ3v) is 7.01. The van der Waals surface area contributed by atoms with Gasteiger partial charge in [-0.05, 0) is 30.0 Å². The number of hydrogen-bond donors (Lipinski definition) is 0. The predicted octanol–water partition coefficient (Wildman–Crippen LogP) is 5.38. The van der Waals surface area contributed by atoms with E-state index in [1.165, 1.54) is 25.7 Å². The van der Waals surface area contributed by atoms with E-state index in [0.29, 0.717) is 12.3 Å². The number of benzene rings is 2. The molecular weight excluding hydrogens is 382 g/mol. The summed E-state index contributed by atoms with van der Waals surface area (Å²) < 4.78 is 5.38. The first-order valence-corrected chi connectivity index (χ1v) is 11.5. The van der Waals surface area contributed by atoms with Crippen LogP contribution in [0.3, 0.4) is 0 Å². The molecule has 0 aromatic heterocycles. The standard InChI is InChI=1S/C24H27NO3S/c26-23(16-28-24(27)15-14-18-8-4-5-9-18)25-20-12-6-7-13-22(20)29-17-21(25)19-10-2-1-3-11-19/h1-3,6-7,10-13,18,21H,4-5,8-9,14-17H2/t21-/m0/s1. The van der Waals surface area contributed by atoms with Crippen LogP contribution in [0, 0.1) is 5.92 Å². The first kappa shape index (κ1) is 20.0. The van der Waals surface area contributed by atoms with E-state index < -0.39 is 0 Å². The van der Waals surface area contributed by atoms with Gasteiger partial charge in [0.25, 0.3) is 5.91 Å². The van der Waals surface area contributed by atoms with E-state index in [1.807, 2.05) is 59.5 Å². The van der Waals surface area contributed by atoms with Gasteiger partial charge < -0.3 is 4.74 Å². The van der Waals surface area contributed by atoms with Crippen LogP contribution in [0.4, 0.5) is 5.69 Å². The fourth-order valence-corrected chi connectivity index (χ4v) is 5.49. The zero-order valence-corrected chi connectivity index (χ0v) is 17.4. The van der Waals surface area contributed by atoms with Gasteiger partial charge in [0.2, 0.25) is 0 Å². The summed E-state index contributed by atoms with van der Waals surface area (Å²) in [5.74, 6) is 0.997. The van der Waals surface area contributed by atoms with Crippen molar-refractivity contribution in [1.82, 2.24) is 0 Å². The summed E-state index contributed by atoms with van der Waals surface area (Å²) >= 11 is 1.76. The molecule has 1 aliphatic carbocycles. The lowest BCUT2D eigenvalue weighted by Crippen LogP contribution is -2.41. The van der Waals surface area contributed by atoms with Gasteiger partial charge >= 0.3 is 5.97 Å². The minimum atomic E-state index is -0.263. The van der Waals surface area contributed by atoms with Gasteiger partial charge in [-0.1, -0.05) is 68.1 Å². The third kappa shape index (κ3) is 4.84. The lowest BCUT2D eigenvalue weighted by Gasteiger charge is -2.37. The lowest BCUT2D eigenvalue weighted by atomic mass is 10.0. The second-order valence-corrected chi connectivity index (χ2v) is 8.88. The van der Waals surface area contributed by atoms with Gasteiger partial charge in [0.1, 0.15) is 0 Å². The SMILES string of the molecule is O=C(CCC1CCCC1)OCC(=O)N1c2ccccc2SC[C@H]1c1ccccc1. The molecule has 1 atom stereocenters. The lowest BCUT2D eigenvalue weighted by molar-refractivity contribution is -0.148. The largest absolute Gasteiger partial charge is 0.456 e. The number of carbonyl (C=O) groups is 2.